The van der Waals surface area contributed by atoms with E-state index in [1.165, 1.54) is 43.8 Å². The number of hydrogen-bond donors (Lipinski definition) is 0. The Kier molecular flexibility index (Phi) is 16.2. The molecule has 9 heteroatoms. The molecule has 0 bridgehead atoms. The van der Waals surface area contributed by atoms with Crippen LogP contribution >= 0.6 is 86.6 Å². The van der Waals surface area contributed by atoms with Crippen LogP contribution in [0.25, 0.3) is 21.5 Å². The first-order chi connectivity index (χ1) is 26.4. The number of halogens is 8. The van der Waals surface area contributed by atoms with Gasteiger partial charge in [-0.3, -0.25) is 0 Å². The molecule has 6 aromatic rings. The molecule has 58 heavy (non-hydrogen) atoms. The molecular formula is C49H54Cl8Zr-2. The van der Waals surface area contributed by atoms with E-state index in [2.05, 4.69) is 113 Å². The second kappa shape index (κ2) is 18.9. The van der Waals surface area contributed by atoms with Crippen molar-refractivity contribution in [1.29, 1.82) is 0 Å². The summed E-state index contributed by atoms with van der Waals surface area (Å²) in [5.74, 6) is 0. The maximum atomic E-state index is 6.34. The zero-order chi connectivity index (χ0) is 43.8. The van der Waals surface area contributed by atoms with Gasteiger partial charge in [-0.05, 0) is 21.7 Å². The molecule has 0 nitrogen and oxygen atoms in total. The summed E-state index contributed by atoms with van der Waals surface area (Å²) in [6.07, 6.45) is 0. The summed E-state index contributed by atoms with van der Waals surface area (Å²) in [6, 6.07) is 36.6. The van der Waals surface area contributed by atoms with Crippen LogP contribution in [0, 0.1) is 0 Å². The predicted molar refractivity (Wildman–Crippen MR) is 260 cm³/mol. The van der Waals surface area contributed by atoms with Crippen LogP contribution in [0.1, 0.15) is 128 Å². The third-order valence-corrected chi connectivity index (χ3v) is 15.9. The van der Waals surface area contributed by atoms with Crippen LogP contribution in [0.4, 0.5) is 0 Å². The quantitative estimate of drug-likeness (QED) is 0.120. The van der Waals surface area contributed by atoms with Crippen molar-refractivity contribution in [2.75, 3.05) is 0 Å². The van der Waals surface area contributed by atoms with Crippen LogP contribution in [0.2, 0.25) is 0 Å². The van der Waals surface area contributed by atoms with Crippen molar-refractivity contribution in [2.45, 2.75) is 112 Å². The second-order valence-corrected chi connectivity index (χ2v) is 31.6. The van der Waals surface area contributed by atoms with Crippen molar-refractivity contribution >= 4 is 111 Å². The topological polar surface area (TPSA) is 0 Å². The summed E-state index contributed by atoms with van der Waals surface area (Å²) in [5.41, 5.74) is 9.30. The third kappa shape index (κ3) is 12.9. The van der Waals surface area contributed by atoms with Gasteiger partial charge < -0.3 is 0 Å². The summed E-state index contributed by atoms with van der Waals surface area (Å²) in [5, 5.41) is 5.57. The van der Waals surface area contributed by atoms with Gasteiger partial charge in [0, 0.05) is 0 Å². The van der Waals surface area contributed by atoms with E-state index in [0.29, 0.717) is 11.1 Å². The molecule has 0 radical (unpaired) electrons. The molecule has 0 spiro atoms. The van der Waals surface area contributed by atoms with Crippen molar-refractivity contribution in [2.24, 2.45) is 0 Å². The van der Waals surface area contributed by atoms with Gasteiger partial charge in [0.05, 0.1) is 0 Å². The Morgan fingerprint density at radius 3 is 0.966 bits per heavy atom. The third-order valence-electron chi connectivity index (χ3n) is 9.96. The first-order valence-corrected chi connectivity index (χ1v) is 29.0. The molecule has 0 aromatic heterocycles. The smallest absolute Gasteiger partial charge is 0.172 e. The van der Waals surface area contributed by atoms with E-state index < -0.39 is 26.5 Å². The van der Waals surface area contributed by atoms with Crippen LogP contribution in [0.5, 0.6) is 0 Å². The van der Waals surface area contributed by atoms with Crippen molar-refractivity contribution in [3.05, 3.63) is 154 Å². The van der Waals surface area contributed by atoms with Gasteiger partial charge in [0.15, 0.2) is 0 Å². The molecule has 312 valence electrons. The fourth-order valence-corrected chi connectivity index (χ4v) is 12.2. The van der Waals surface area contributed by atoms with Gasteiger partial charge in [0.1, 0.15) is 0 Å². The number of alkyl halides is 6. The van der Waals surface area contributed by atoms with Gasteiger partial charge in [0.2, 0.25) is 0 Å². The Morgan fingerprint density at radius 2 is 0.741 bits per heavy atom. The molecule has 0 saturated carbocycles. The van der Waals surface area contributed by atoms with Crippen molar-refractivity contribution in [1.82, 2.24) is 0 Å². The SMILES string of the molecule is CC(C)(C)c1cc2[cH-]c3cc(C(C)(C)C)c(C(C)(C)C)cc3c2cc1C(C)(C)C.[Cl][Zr]([Cl])=[C](c1ccc(C(Cl)(Cl)Cl)cc1)c1ccc(C(Cl)(Cl)Cl)cc1.c1cc[cH-]c1. The van der Waals surface area contributed by atoms with Crippen LogP contribution in [0.15, 0.2) is 109 Å². The normalized spacial score (nSPS) is 12.8. The van der Waals surface area contributed by atoms with Crippen LogP contribution in [0.3, 0.4) is 0 Å². The van der Waals surface area contributed by atoms with E-state index in [9.17, 15) is 0 Å². The predicted octanol–water partition coefficient (Wildman–Crippen LogP) is 18.1. The van der Waals surface area contributed by atoms with Crippen LogP contribution in [-0.4, -0.2) is 3.21 Å². The van der Waals surface area contributed by atoms with E-state index in [-0.39, 0.29) is 21.7 Å². The molecular weight excluding hydrogens is 963 g/mol. The zero-order valence-electron chi connectivity index (χ0n) is 35.4. The Bertz CT molecular complexity index is 2160. The molecule has 0 amide bonds. The van der Waals surface area contributed by atoms with Crippen LogP contribution < -0.4 is 0 Å². The minimum atomic E-state index is -2.79. The molecule has 0 saturated heterocycles. The first kappa shape index (κ1) is 49.8. The van der Waals surface area contributed by atoms with Crippen molar-refractivity contribution in [3.63, 3.8) is 0 Å². The second-order valence-electron chi connectivity index (χ2n) is 18.9. The van der Waals surface area contributed by atoms with Crippen molar-refractivity contribution in [3.8, 4) is 0 Å². The fourth-order valence-electron chi connectivity index (χ4n) is 6.95. The minimum Gasteiger partial charge on any atom is -0.214 e. The van der Waals surface area contributed by atoms with Gasteiger partial charge in [-0.1, -0.05) is 117 Å². The maximum absolute atomic E-state index is 6.34. The largest absolute Gasteiger partial charge is 0.214 e. The standard InChI is InChI=1S/C29H41.C15H8Cl6.C5H5.2ClH.Zr/c1-26(2,3)22-14-18-13-19-15-23(27(4,5)6)25(29(10,11)12)17-21(19)20(18)16-24(22)28(7,8)9;16-14(17,18)12-5-1-10(2-6-12)9-11-3-7-13(8-4-11)15(19,20)21;1-2-4-5-3-1;;;/h13-17H,1-12H3;1-8H;1-5H;2*1H;/q-1;;-1;;;+2/p-2. The van der Waals surface area contributed by atoms with Crippen LogP contribution in [-0.2, 0) is 48.1 Å². The molecule has 0 aliphatic rings. The molecule has 0 fully saturated rings. The number of fused-ring (bicyclic) bond motifs is 3. The number of benzene rings is 4. The van der Waals surface area contributed by atoms with E-state index >= 15 is 0 Å². The number of rotatable bonds is 2. The molecule has 0 unspecified atom stereocenters. The van der Waals surface area contributed by atoms with E-state index in [1.807, 2.05) is 54.6 Å². The van der Waals surface area contributed by atoms with Gasteiger partial charge in [0.25, 0.3) is 0 Å². The summed E-state index contributed by atoms with van der Waals surface area (Å²) in [6.45, 7) is 28.0. The molecule has 0 aliphatic carbocycles. The van der Waals surface area contributed by atoms with Crippen molar-refractivity contribution < 1.29 is 18.9 Å². The summed E-state index contributed by atoms with van der Waals surface area (Å²) < 4.78 is -2.06. The molecule has 0 N–H and O–H groups in total. The molecule has 0 atom stereocenters. The molecule has 6 aromatic carbocycles. The van der Waals surface area contributed by atoms with E-state index in [4.69, 9.17) is 86.6 Å². The van der Waals surface area contributed by atoms with E-state index in [0.717, 1.165) is 14.3 Å². The zero-order valence-corrected chi connectivity index (χ0v) is 43.9. The Morgan fingerprint density at radius 1 is 0.448 bits per heavy atom. The molecule has 6 rings (SSSR count). The average molecular weight is 1020 g/mol. The molecule has 0 heterocycles. The summed E-state index contributed by atoms with van der Waals surface area (Å²) in [7, 11) is 12.7. The monoisotopic (exact) mass is 1010 g/mol. The molecule has 0 aliphatic heterocycles. The van der Waals surface area contributed by atoms with Gasteiger partial charge in [-0.15, -0.1) is 39.7 Å². The Balaban J connectivity index is 0.000000232. The average Bonchev–Trinajstić information content (AvgIpc) is 3.77. The fraction of sp³-hybridized carbons (Fsp3) is 0.367. The number of hydrogen-bond acceptors (Lipinski definition) is 0. The van der Waals surface area contributed by atoms with Gasteiger partial charge in [-0.2, -0.15) is 18.2 Å². The summed E-state index contributed by atoms with van der Waals surface area (Å²) >= 11 is 32.5. The summed E-state index contributed by atoms with van der Waals surface area (Å²) in [4.78, 5) is 0. The Hall–Kier alpha value is -0.827. The minimum absolute atomic E-state index is 0.124. The maximum Gasteiger partial charge on any atom is -0.172 e. The Labute approximate surface area is 392 Å². The first-order valence-electron chi connectivity index (χ1n) is 19.2. The van der Waals surface area contributed by atoms with Gasteiger partial charge in [-0.25, -0.2) is 12.1 Å². The van der Waals surface area contributed by atoms with Gasteiger partial charge >= 0.3 is 187 Å². The van der Waals surface area contributed by atoms with E-state index in [1.54, 1.807) is 24.3 Å².